The van der Waals surface area contributed by atoms with E-state index in [1.165, 1.54) is 19.3 Å². The molecule has 1 aliphatic carbocycles. The van der Waals surface area contributed by atoms with Crippen LogP contribution in [-0.2, 0) is 0 Å². The lowest BCUT2D eigenvalue weighted by atomic mass is 9.91. The molecule has 0 aromatic heterocycles. The molecule has 1 aliphatic rings. The van der Waals surface area contributed by atoms with Gasteiger partial charge in [0.15, 0.2) is 0 Å². The molecule has 0 bridgehead atoms. The first-order valence-electron chi connectivity index (χ1n) is 4.99. The van der Waals surface area contributed by atoms with Crippen LogP contribution >= 0.6 is 0 Å². The van der Waals surface area contributed by atoms with E-state index in [0.717, 1.165) is 24.4 Å². The molecule has 0 spiro atoms. The van der Waals surface area contributed by atoms with Crippen LogP contribution in [-0.4, -0.2) is 12.6 Å². The average Bonchev–Trinajstić information content (AvgIpc) is 2.36. The Labute approximate surface area is 70.6 Å². The first-order valence-corrected chi connectivity index (χ1v) is 4.99. The third-order valence-electron chi connectivity index (χ3n) is 3.10. The predicted molar refractivity (Wildman–Crippen MR) is 49.6 cm³/mol. The minimum Gasteiger partial charge on any atom is -0.314 e. The highest BCUT2D eigenvalue weighted by Crippen LogP contribution is 2.33. The Bertz CT molecular complexity index is 111. The topological polar surface area (TPSA) is 12.0 Å². The summed E-state index contributed by atoms with van der Waals surface area (Å²) in [6, 6.07) is 0.734. The maximum absolute atomic E-state index is 3.52. The molecule has 1 heteroatoms. The smallest absolute Gasteiger partial charge is 0.00694 e. The third kappa shape index (κ3) is 2.19. The highest BCUT2D eigenvalue weighted by Gasteiger charge is 2.27. The standard InChI is InChI=1S/C10H21N/c1-4-11-9(3)10-7-5-6-8(10)2/h8-11H,4-7H2,1-3H3/t8-,9-,10+/m1/s1. The van der Waals surface area contributed by atoms with Crippen molar-refractivity contribution in [2.75, 3.05) is 6.54 Å². The molecule has 1 N–H and O–H groups in total. The summed E-state index contributed by atoms with van der Waals surface area (Å²) in [5, 5.41) is 3.52. The highest BCUT2D eigenvalue weighted by molar-refractivity contribution is 4.81. The number of rotatable bonds is 3. The lowest BCUT2D eigenvalue weighted by molar-refractivity contribution is 0.318. The van der Waals surface area contributed by atoms with Gasteiger partial charge in [-0.1, -0.05) is 26.7 Å². The molecule has 1 rings (SSSR count). The summed E-state index contributed by atoms with van der Waals surface area (Å²) in [6.07, 6.45) is 4.33. The van der Waals surface area contributed by atoms with E-state index in [9.17, 15) is 0 Å². The van der Waals surface area contributed by atoms with Crippen molar-refractivity contribution in [3.8, 4) is 0 Å². The minimum atomic E-state index is 0.734. The molecule has 0 unspecified atom stereocenters. The van der Waals surface area contributed by atoms with Crippen LogP contribution in [0.1, 0.15) is 40.0 Å². The molecule has 3 atom stereocenters. The Balaban J connectivity index is 2.33. The van der Waals surface area contributed by atoms with Crippen molar-refractivity contribution in [3.63, 3.8) is 0 Å². The molecule has 66 valence electrons. The summed E-state index contributed by atoms with van der Waals surface area (Å²) in [5.74, 6) is 1.89. The van der Waals surface area contributed by atoms with E-state index in [0.29, 0.717) is 0 Å². The zero-order valence-corrected chi connectivity index (χ0v) is 8.06. The molecule has 0 heterocycles. The Morgan fingerprint density at radius 1 is 1.45 bits per heavy atom. The molecule has 0 aromatic carbocycles. The maximum Gasteiger partial charge on any atom is 0.00694 e. The average molecular weight is 155 g/mol. The van der Waals surface area contributed by atoms with Crippen LogP contribution in [0.5, 0.6) is 0 Å². The second kappa shape index (κ2) is 4.10. The van der Waals surface area contributed by atoms with Gasteiger partial charge in [0.05, 0.1) is 0 Å². The maximum atomic E-state index is 3.52. The largest absolute Gasteiger partial charge is 0.314 e. The monoisotopic (exact) mass is 155 g/mol. The van der Waals surface area contributed by atoms with E-state index >= 15 is 0 Å². The number of hydrogen-bond acceptors (Lipinski definition) is 1. The Kier molecular flexibility index (Phi) is 3.38. The normalized spacial score (nSPS) is 34.1. The van der Waals surface area contributed by atoms with E-state index in [1.54, 1.807) is 0 Å². The van der Waals surface area contributed by atoms with E-state index < -0.39 is 0 Å². The van der Waals surface area contributed by atoms with Gasteiger partial charge >= 0.3 is 0 Å². The van der Waals surface area contributed by atoms with Crippen molar-refractivity contribution < 1.29 is 0 Å². The van der Waals surface area contributed by atoms with E-state index in [1.807, 2.05) is 0 Å². The second-order valence-electron chi connectivity index (χ2n) is 3.92. The van der Waals surface area contributed by atoms with Crippen molar-refractivity contribution in [2.45, 2.75) is 46.1 Å². The van der Waals surface area contributed by atoms with Gasteiger partial charge in [-0.05, 0) is 31.7 Å². The first-order chi connectivity index (χ1) is 5.25. The van der Waals surface area contributed by atoms with Crippen LogP contribution < -0.4 is 5.32 Å². The van der Waals surface area contributed by atoms with Crippen molar-refractivity contribution in [1.82, 2.24) is 5.32 Å². The predicted octanol–water partition coefficient (Wildman–Crippen LogP) is 2.42. The Hall–Kier alpha value is -0.0400. The van der Waals surface area contributed by atoms with Crippen LogP contribution in [0.3, 0.4) is 0 Å². The van der Waals surface area contributed by atoms with Gasteiger partial charge in [0, 0.05) is 6.04 Å². The van der Waals surface area contributed by atoms with Crippen molar-refractivity contribution in [3.05, 3.63) is 0 Å². The van der Waals surface area contributed by atoms with Crippen LogP contribution in [0.2, 0.25) is 0 Å². The van der Waals surface area contributed by atoms with E-state index in [4.69, 9.17) is 0 Å². The van der Waals surface area contributed by atoms with E-state index in [-0.39, 0.29) is 0 Å². The molecule has 1 fully saturated rings. The fourth-order valence-electron chi connectivity index (χ4n) is 2.39. The summed E-state index contributed by atoms with van der Waals surface area (Å²) < 4.78 is 0. The van der Waals surface area contributed by atoms with Gasteiger partial charge in [0.25, 0.3) is 0 Å². The molecule has 1 nitrogen and oxygen atoms in total. The van der Waals surface area contributed by atoms with Crippen molar-refractivity contribution >= 4 is 0 Å². The van der Waals surface area contributed by atoms with Gasteiger partial charge < -0.3 is 5.32 Å². The molecule has 0 radical (unpaired) electrons. The molecule has 0 amide bonds. The number of nitrogens with one attached hydrogen (secondary N) is 1. The summed E-state index contributed by atoms with van der Waals surface area (Å²) >= 11 is 0. The van der Waals surface area contributed by atoms with Crippen LogP contribution in [0.4, 0.5) is 0 Å². The summed E-state index contributed by atoms with van der Waals surface area (Å²) in [4.78, 5) is 0. The fourth-order valence-corrected chi connectivity index (χ4v) is 2.39. The quantitative estimate of drug-likeness (QED) is 0.660. The van der Waals surface area contributed by atoms with Crippen molar-refractivity contribution in [2.24, 2.45) is 11.8 Å². The molecular formula is C10H21N. The molecule has 0 aromatic rings. The minimum absolute atomic E-state index is 0.734. The second-order valence-corrected chi connectivity index (χ2v) is 3.92. The fraction of sp³-hybridized carbons (Fsp3) is 1.00. The SMILES string of the molecule is CCN[C@H](C)[C@H]1CCC[C@H]1C. The number of hydrogen-bond donors (Lipinski definition) is 1. The molecule has 0 saturated heterocycles. The van der Waals surface area contributed by atoms with Gasteiger partial charge in [0.2, 0.25) is 0 Å². The van der Waals surface area contributed by atoms with Crippen LogP contribution in [0, 0.1) is 11.8 Å². The molecular weight excluding hydrogens is 134 g/mol. The lowest BCUT2D eigenvalue weighted by Crippen LogP contribution is -2.34. The van der Waals surface area contributed by atoms with E-state index in [2.05, 4.69) is 26.1 Å². The van der Waals surface area contributed by atoms with Gasteiger partial charge in [-0.25, -0.2) is 0 Å². The molecule has 0 aliphatic heterocycles. The summed E-state index contributed by atoms with van der Waals surface area (Å²) in [6.45, 7) is 8.03. The van der Waals surface area contributed by atoms with Crippen molar-refractivity contribution in [1.29, 1.82) is 0 Å². The zero-order chi connectivity index (χ0) is 8.27. The van der Waals surface area contributed by atoms with Gasteiger partial charge in [-0.3, -0.25) is 0 Å². The van der Waals surface area contributed by atoms with Gasteiger partial charge in [-0.2, -0.15) is 0 Å². The van der Waals surface area contributed by atoms with Crippen LogP contribution in [0.15, 0.2) is 0 Å². The summed E-state index contributed by atoms with van der Waals surface area (Å²) in [7, 11) is 0. The Morgan fingerprint density at radius 2 is 2.18 bits per heavy atom. The lowest BCUT2D eigenvalue weighted by Gasteiger charge is -2.23. The van der Waals surface area contributed by atoms with Gasteiger partial charge in [-0.15, -0.1) is 0 Å². The molecule has 1 saturated carbocycles. The third-order valence-corrected chi connectivity index (χ3v) is 3.10. The summed E-state index contributed by atoms with van der Waals surface area (Å²) in [5.41, 5.74) is 0. The molecule has 11 heavy (non-hydrogen) atoms. The highest BCUT2D eigenvalue weighted by atomic mass is 14.9. The Morgan fingerprint density at radius 3 is 2.64 bits per heavy atom. The van der Waals surface area contributed by atoms with Crippen LogP contribution in [0.25, 0.3) is 0 Å². The first kappa shape index (κ1) is 9.05. The zero-order valence-electron chi connectivity index (χ0n) is 8.06. The van der Waals surface area contributed by atoms with Gasteiger partial charge in [0.1, 0.15) is 0 Å².